The third-order valence-electron chi connectivity index (χ3n) is 4.90. The van der Waals surface area contributed by atoms with Gasteiger partial charge in [-0.1, -0.05) is 25.5 Å². The Bertz CT molecular complexity index is 472. The standard InChI is InChI=1S/C17H29N3O2/c1-6-18-16(22)20-9-7-19(8-10-20)15(21)14-13(11-12(2)3)17(14,4)5/h11,13-14H,6-10H2,1-5H3,(H,18,22). The molecule has 1 saturated heterocycles. The lowest BCUT2D eigenvalue weighted by molar-refractivity contribution is -0.134. The van der Waals surface area contributed by atoms with Crippen molar-refractivity contribution < 1.29 is 9.59 Å². The van der Waals surface area contributed by atoms with Gasteiger partial charge in [0.05, 0.1) is 5.92 Å². The highest BCUT2D eigenvalue weighted by Gasteiger charge is 2.61. The molecule has 1 aliphatic heterocycles. The monoisotopic (exact) mass is 307 g/mol. The fraction of sp³-hybridized carbons (Fsp3) is 0.765. The van der Waals surface area contributed by atoms with Crippen LogP contribution in [-0.4, -0.2) is 54.5 Å². The van der Waals surface area contributed by atoms with Crippen LogP contribution in [0.3, 0.4) is 0 Å². The van der Waals surface area contributed by atoms with Gasteiger partial charge in [-0.25, -0.2) is 4.79 Å². The molecular formula is C17H29N3O2. The molecule has 0 aromatic rings. The average Bonchev–Trinajstić information content (AvgIpc) is 2.98. The molecule has 124 valence electrons. The van der Waals surface area contributed by atoms with Crippen LogP contribution in [0.5, 0.6) is 0 Å². The number of rotatable bonds is 3. The minimum Gasteiger partial charge on any atom is -0.339 e. The summed E-state index contributed by atoms with van der Waals surface area (Å²) in [6.07, 6.45) is 2.23. The summed E-state index contributed by atoms with van der Waals surface area (Å²) in [7, 11) is 0. The molecule has 5 nitrogen and oxygen atoms in total. The first-order valence-corrected chi connectivity index (χ1v) is 8.25. The van der Waals surface area contributed by atoms with Gasteiger partial charge >= 0.3 is 6.03 Å². The average molecular weight is 307 g/mol. The number of hydrogen-bond acceptors (Lipinski definition) is 2. The summed E-state index contributed by atoms with van der Waals surface area (Å²) in [6, 6.07) is -0.0243. The van der Waals surface area contributed by atoms with Crippen molar-refractivity contribution in [3.63, 3.8) is 0 Å². The van der Waals surface area contributed by atoms with E-state index >= 15 is 0 Å². The van der Waals surface area contributed by atoms with Crippen LogP contribution in [0.4, 0.5) is 4.79 Å². The van der Waals surface area contributed by atoms with Crippen LogP contribution in [-0.2, 0) is 4.79 Å². The maximum Gasteiger partial charge on any atom is 0.317 e. The van der Waals surface area contributed by atoms with Gasteiger partial charge in [0.2, 0.25) is 5.91 Å². The number of hydrogen-bond donors (Lipinski definition) is 1. The van der Waals surface area contributed by atoms with E-state index < -0.39 is 0 Å². The van der Waals surface area contributed by atoms with Crippen molar-refractivity contribution in [1.29, 1.82) is 0 Å². The highest BCUT2D eigenvalue weighted by Crippen LogP contribution is 2.60. The van der Waals surface area contributed by atoms with Gasteiger partial charge in [0.1, 0.15) is 0 Å². The van der Waals surface area contributed by atoms with E-state index in [1.54, 1.807) is 4.90 Å². The van der Waals surface area contributed by atoms with Crippen LogP contribution < -0.4 is 5.32 Å². The summed E-state index contributed by atoms with van der Waals surface area (Å²) < 4.78 is 0. The van der Waals surface area contributed by atoms with E-state index in [-0.39, 0.29) is 23.3 Å². The summed E-state index contributed by atoms with van der Waals surface area (Å²) in [5, 5.41) is 2.81. The van der Waals surface area contributed by atoms with Crippen molar-refractivity contribution in [2.45, 2.75) is 34.6 Å². The molecule has 2 rings (SSSR count). The van der Waals surface area contributed by atoms with Gasteiger partial charge in [-0.05, 0) is 32.1 Å². The summed E-state index contributed by atoms with van der Waals surface area (Å²) in [5.41, 5.74) is 1.33. The Morgan fingerprint density at radius 2 is 1.68 bits per heavy atom. The lowest BCUT2D eigenvalue weighted by Gasteiger charge is -2.35. The Kier molecular flexibility index (Phi) is 4.83. The van der Waals surface area contributed by atoms with E-state index in [9.17, 15) is 9.59 Å². The molecule has 3 amide bonds. The first kappa shape index (κ1) is 16.8. The SMILES string of the molecule is CCNC(=O)N1CCN(C(=O)C2C(C=C(C)C)C2(C)C)CC1. The molecule has 1 heterocycles. The third-order valence-corrected chi connectivity index (χ3v) is 4.90. The van der Waals surface area contributed by atoms with Crippen molar-refractivity contribution >= 4 is 11.9 Å². The highest BCUT2D eigenvalue weighted by molar-refractivity contribution is 5.84. The Labute approximate surface area is 133 Å². The predicted octanol–water partition coefficient (Wildman–Crippen LogP) is 2.10. The lowest BCUT2D eigenvalue weighted by atomic mass is 10.1. The topological polar surface area (TPSA) is 52.7 Å². The Hall–Kier alpha value is -1.52. The van der Waals surface area contributed by atoms with Gasteiger partial charge in [-0.3, -0.25) is 4.79 Å². The summed E-state index contributed by atoms with van der Waals surface area (Å²) >= 11 is 0. The second-order valence-electron chi connectivity index (χ2n) is 7.22. The van der Waals surface area contributed by atoms with E-state index in [1.165, 1.54) is 5.57 Å². The zero-order valence-corrected chi connectivity index (χ0v) is 14.5. The lowest BCUT2D eigenvalue weighted by Crippen LogP contribution is -2.53. The fourth-order valence-corrected chi connectivity index (χ4v) is 3.41. The molecule has 0 radical (unpaired) electrons. The number of nitrogens with one attached hydrogen (secondary N) is 1. The van der Waals surface area contributed by atoms with E-state index in [2.05, 4.69) is 39.1 Å². The maximum absolute atomic E-state index is 12.7. The number of nitrogens with zero attached hydrogens (tertiary/aromatic N) is 2. The molecule has 2 aliphatic rings. The van der Waals surface area contributed by atoms with Crippen LogP contribution >= 0.6 is 0 Å². The molecule has 0 aromatic carbocycles. The largest absolute Gasteiger partial charge is 0.339 e. The third kappa shape index (κ3) is 3.28. The van der Waals surface area contributed by atoms with Crippen molar-refractivity contribution in [1.82, 2.24) is 15.1 Å². The minimum atomic E-state index is -0.0243. The Balaban J connectivity index is 1.91. The molecule has 1 aliphatic carbocycles. The number of urea groups is 1. The summed E-state index contributed by atoms with van der Waals surface area (Å²) in [6.45, 7) is 13.6. The van der Waals surface area contributed by atoms with E-state index in [1.807, 2.05) is 11.8 Å². The molecule has 2 atom stereocenters. The molecular weight excluding hydrogens is 278 g/mol. The van der Waals surface area contributed by atoms with Gasteiger partial charge in [-0.2, -0.15) is 0 Å². The van der Waals surface area contributed by atoms with Crippen molar-refractivity contribution in [3.8, 4) is 0 Å². The fourth-order valence-electron chi connectivity index (χ4n) is 3.41. The highest BCUT2D eigenvalue weighted by atomic mass is 16.2. The number of allylic oxidation sites excluding steroid dienone is 2. The van der Waals surface area contributed by atoms with E-state index in [0.29, 0.717) is 38.6 Å². The molecule has 5 heteroatoms. The minimum absolute atomic E-state index is 0.0243. The molecule has 22 heavy (non-hydrogen) atoms. The number of amides is 3. The van der Waals surface area contributed by atoms with E-state index in [0.717, 1.165) is 0 Å². The zero-order chi connectivity index (χ0) is 16.5. The molecule has 2 fully saturated rings. The quantitative estimate of drug-likeness (QED) is 0.812. The van der Waals surface area contributed by atoms with E-state index in [4.69, 9.17) is 0 Å². The predicted molar refractivity (Wildman–Crippen MR) is 87.4 cm³/mol. The van der Waals surface area contributed by atoms with Crippen LogP contribution in [0.15, 0.2) is 11.6 Å². The first-order valence-electron chi connectivity index (χ1n) is 8.25. The second-order valence-corrected chi connectivity index (χ2v) is 7.22. The Morgan fingerprint density at radius 1 is 1.14 bits per heavy atom. The maximum atomic E-state index is 12.7. The molecule has 1 saturated carbocycles. The zero-order valence-electron chi connectivity index (χ0n) is 14.5. The van der Waals surface area contributed by atoms with Crippen molar-refractivity contribution in [3.05, 3.63) is 11.6 Å². The smallest absolute Gasteiger partial charge is 0.317 e. The molecule has 0 bridgehead atoms. The van der Waals surface area contributed by atoms with Crippen molar-refractivity contribution in [2.75, 3.05) is 32.7 Å². The molecule has 0 aromatic heterocycles. The van der Waals surface area contributed by atoms with Gasteiger partial charge in [0.15, 0.2) is 0 Å². The van der Waals surface area contributed by atoms with Gasteiger partial charge in [0, 0.05) is 32.7 Å². The van der Waals surface area contributed by atoms with Crippen molar-refractivity contribution in [2.24, 2.45) is 17.3 Å². The molecule has 0 spiro atoms. The number of carbonyl (C=O) groups excluding carboxylic acids is 2. The van der Waals surface area contributed by atoms with Gasteiger partial charge < -0.3 is 15.1 Å². The summed E-state index contributed by atoms with van der Waals surface area (Å²) in [4.78, 5) is 28.3. The van der Waals surface area contributed by atoms with Crippen LogP contribution in [0, 0.1) is 17.3 Å². The second kappa shape index (κ2) is 6.31. The Morgan fingerprint density at radius 3 is 2.18 bits per heavy atom. The first-order chi connectivity index (χ1) is 10.3. The summed E-state index contributed by atoms with van der Waals surface area (Å²) in [5.74, 6) is 0.702. The number of piperazine rings is 1. The molecule has 2 unspecified atom stereocenters. The van der Waals surface area contributed by atoms with Gasteiger partial charge in [-0.15, -0.1) is 0 Å². The molecule has 1 N–H and O–H groups in total. The van der Waals surface area contributed by atoms with Crippen LogP contribution in [0.25, 0.3) is 0 Å². The normalized spacial score (nSPS) is 26.4. The van der Waals surface area contributed by atoms with Gasteiger partial charge in [0.25, 0.3) is 0 Å². The number of carbonyl (C=O) groups is 2. The van der Waals surface area contributed by atoms with Crippen LogP contribution in [0.2, 0.25) is 0 Å². The van der Waals surface area contributed by atoms with Crippen LogP contribution in [0.1, 0.15) is 34.6 Å².